The third-order valence-corrected chi connectivity index (χ3v) is 4.55. The number of nitrogens with zero attached hydrogens (tertiary/aromatic N) is 1. The van der Waals surface area contributed by atoms with E-state index in [-0.39, 0.29) is 4.90 Å². The van der Waals surface area contributed by atoms with Gasteiger partial charge in [0.25, 0.3) is 15.9 Å². The Labute approximate surface area is 138 Å². The summed E-state index contributed by atoms with van der Waals surface area (Å²) >= 11 is 0. The molecule has 0 bridgehead atoms. The summed E-state index contributed by atoms with van der Waals surface area (Å²) in [5.74, 6) is -0.559. The number of benzene rings is 2. The molecule has 2 aromatic carbocycles. The van der Waals surface area contributed by atoms with Crippen molar-refractivity contribution in [1.82, 2.24) is 20.5 Å². The molecule has 0 aliphatic carbocycles. The molecule has 0 spiro atoms. The van der Waals surface area contributed by atoms with Crippen LogP contribution in [0, 0.1) is 0 Å². The van der Waals surface area contributed by atoms with Crippen molar-refractivity contribution in [3.05, 3.63) is 72.4 Å². The van der Waals surface area contributed by atoms with Gasteiger partial charge in [0.2, 0.25) is 0 Å². The zero-order valence-corrected chi connectivity index (χ0v) is 13.2. The van der Waals surface area contributed by atoms with E-state index in [4.69, 9.17) is 0 Å². The van der Waals surface area contributed by atoms with Crippen molar-refractivity contribution in [2.45, 2.75) is 4.90 Å². The van der Waals surface area contributed by atoms with Crippen molar-refractivity contribution in [2.75, 3.05) is 0 Å². The number of aromatic amines is 1. The quantitative estimate of drug-likeness (QED) is 0.614. The lowest BCUT2D eigenvalue weighted by Gasteiger charge is -2.09. The fourth-order valence-corrected chi connectivity index (χ4v) is 2.95. The Morgan fingerprint density at radius 1 is 1.00 bits per heavy atom. The third-order valence-electron chi connectivity index (χ3n) is 3.29. The number of hydrogen-bond acceptors (Lipinski definition) is 4. The highest BCUT2D eigenvalue weighted by Gasteiger charge is 2.15. The fourth-order valence-electron chi connectivity index (χ4n) is 2.09. The Balaban J connectivity index is 1.73. The number of sulfonamides is 1. The predicted octanol–water partition coefficient (Wildman–Crippen LogP) is 1.70. The Kier molecular flexibility index (Phi) is 4.41. The lowest BCUT2D eigenvalue weighted by molar-refractivity contribution is 0.0945. The van der Waals surface area contributed by atoms with Crippen LogP contribution in [-0.2, 0) is 10.0 Å². The highest BCUT2D eigenvalue weighted by Crippen LogP contribution is 2.17. The van der Waals surface area contributed by atoms with Crippen LogP contribution in [0.1, 0.15) is 10.4 Å². The minimum atomic E-state index is -3.81. The Bertz CT molecular complexity index is 938. The molecule has 0 saturated heterocycles. The molecule has 1 aromatic heterocycles. The second-order valence-corrected chi connectivity index (χ2v) is 6.61. The van der Waals surface area contributed by atoms with E-state index in [0.29, 0.717) is 5.56 Å². The number of carbonyl (C=O) groups excluding carboxylic acids is 1. The predicted molar refractivity (Wildman–Crippen MR) is 88.3 cm³/mol. The molecular formula is C16H14N4O3S. The van der Waals surface area contributed by atoms with Crippen molar-refractivity contribution < 1.29 is 13.2 Å². The molecule has 7 nitrogen and oxygen atoms in total. The topological polar surface area (TPSA) is 104 Å². The summed E-state index contributed by atoms with van der Waals surface area (Å²) in [4.78, 5) is 14.3. The number of aromatic nitrogens is 2. The van der Waals surface area contributed by atoms with Gasteiger partial charge in [0.15, 0.2) is 0 Å². The molecule has 1 amide bonds. The van der Waals surface area contributed by atoms with Gasteiger partial charge in [-0.1, -0.05) is 30.3 Å². The minimum Gasteiger partial charge on any atom is -0.278 e. The van der Waals surface area contributed by atoms with Gasteiger partial charge in [-0.05, 0) is 30.3 Å². The summed E-state index contributed by atoms with van der Waals surface area (Å²) in [5.41, 5.74) is 4.05. The van der Waals surface area contributed by atoms with Gasteiger partial charge < -0.3 is 0 Å². The first-order chi connectivity index (χ1) is 11.6. The molecule has 1 heterocycles. The van der Waals surface area contributed by atoms with Crippen molar-refractivity contribution >= 4 is 15.9 Å². The summed E-state index contributed by atoms with van der Waals surface area (Å²) in [5, 5.41) is 6.66. The van der Waals surface area contributed by atoms with Gasteiger partial charge in [-0.3, -0.25) is 15.3 Å². The number of H-pyrrole nitrogens is 1. The Morgan fingerprint density at radius 3 is 2.50 bits per heavy atom. The molecule has 24 heavy (non-hydrogen) atoms. The van der Waals surface area contributed by atoms with E-state index >= 15 is 0 Å². The molecular weight excluding hydrogens is 328 g/mol. The van der Waals surface area contributed by atoms with Crippen molar-refractivity contribution in [3.8, 4) is 11.3 Å². The molecule has 0 saturated carbocycles. The Hall–Kier alpha value is -2.97. The van der Waals surface area contributed by atoms with E-state index in [1.807, 2.05) is 6.07 Å². The summed E-state index contributed by atoms with van der Waals surface area (Å²) < 4.78 is 24.2. The van der Waals surface area contributed by atoms with Gasteiger partial charge in [0.05, 0.1) is 10.6 Å². The lowest BCUT2D eigenvalue weighted by Crippen LogP contribution is -2.41. The second kappa shape index (κ2) is 6.65. The van der Waals surface area contributed by atoms with E-state index in [1.54, 1.807) is 48.7 Å². The van der Waals surface area contributed by atoms with E-state index < -0.39 is 15.9 Å². The van der Waals surface area contributed by atoms with Crippen molar-refractivity contribution in [3.63, 3.8) is 0 Å². The highest BCUT2D eigenvalue weighted by molar-refractivity contribution is 7.89. The summed E-state index contributed by atoms with van der Waals surface area (Å²) in [6, 6.07) is 16.3. The van der Waals surface area contributed by atoms with Crippen LogP contribution < -0.4 is 10.3 Å². The van der Waals surface area contributed by atoms with Gasteiger partial charge in [0, 0.05) is 17.3 Å². The monoisotopic (exact) mass is 342 g/mol. The van der Waals surface area contributed by atoms with Crippen LogP contribution in [0.4, 0.5) is 0 Å². The van der Waals surface area contributed by atoms with Crippen LogP contribution in [0.3, 0.4) is 0 Å². The maximum absolute atomic E-state index is 12.2. The van der Waals surface area contributed by atoms with Crippen LogP contribution in [0.5, 0.6) is 0 Å². The molecule has 0 unspecified atom stereocenters. The number of rotatable bonds is 5. The molecule has 0 radical (unpaired) electrons. The zero-order valence-electron chi connectivity index (χ0n) is 12.4. The first-order valence-corrected chi connectivity index (χ1v) is 8.51. The molecule has 122 valence electrons. The molecule has 3 aromatic rings. The summed E-state index contributed by atoms with van der Waals surface area (Å²) in [6.07, 6.45) is 1.61. The van der Waals surface area contributed by atoms with Crippen LogP contribution in [0.2, 0.25) is 0 Å². The van der Waals surface area contributed by atoms with Crippen LogP contribution in [0.25, 0.3) is 11.3 Å². The number of hydrogen-bond donors (Lipinski definition) is 3. The van der Waals surface area contributed by atoms with Gasteiger partial charge in [-0.25, -0.2) is 8.42 Å². The average Bonchev–Trinajstić information content (AvgIpc) is 3.15. The van der Waals surface area contributed by atoms with Gasteiger partial charge in [0.1, 0.15) is 0 Å². The second-order valence-electron chi connectivity index (χ2n) is 4.92. The molecule has 8 heteroatoms. The molecule has 0 atom stereocenters. The SMILES string of the molecule is O=C(NNS(=O)(=O)c1ccccc1)c1cccc(-c2ccn[nH]2)c1. The third kappa shape index (κ3) is 3.50. The highest BCUT2D eigenvalue weighted by atomic mass is 32.2. The van der Waals surface area contributed by atoms with Gasteiger partial charge >= 0.3 is 0 Å². The van der Waals surface area contributed by atoms with Gasteiger partial charge in [-0.2, -0.15) is 5.10 Å². The van der Waals surface area contributed by atoms with E-state index in [1.165, 1.54) is 12.1 Å². The zero-order chi connectivity index (χ0) is 17.0. The first kappa shape index (κ1) is 15.9. The van der Waals surface area contributed by atoms with Crippen molar-refractivity contribution in [2.24, 2.45) is 0 Å². The number of nitrogens with one attached hydrogen (secondary N) is 3. The lowest BCUT2D eigenvalue weighted by atomic mass is 10.1. The normalized spacial score (nSPS) is 11.2. The average molecular weight is 342 g/mol. The number of hydrazine groups is 1. The molecule has 3 N–H and O–H groups in total. The largest absolute Gasteiger partial charge is 0.278 e. The number of carbonyl (C=O) groups is 1. The fraction of sp³-hybridized carbons (Fsp3) is 0. The molecule has 0 fully saturated rings. The Morgan fingerprint density at radius 2 is 1.79 bits per heavy atom. The van der Waals surface area contributed by atoms with Crippen LogP contribution >= 0.6 is 0 Å². The van der Waals surface area contributed by atoms with E-state index in [9.17, 15) is 13.2 Å². The smallest absolute Gasteiger partial charge is 0.266 e. The van der Waals surface area contributed by atoms with Crippen LogP contribution in [0.15, 0.2) is 71.8 Å². The summed E-state index contributed by atoms with van der Waals surface area (Å²) in [6.45, 7) is 0. The summed E-state index contributed by atoms with van der Waals surface area (Å²) in [7, 11) is -3.81. The molecule has 0 aliphatic rings. The first-order valence-electron chi connectivity index (χ1n) is 7.03. The maximum Gasteiger partial charge on any atom is 0.266 e. The maximum atomic E-state index is 12.2. The van der Waals surface area contributed by atoms with Gasteiger partial charge in [-0.15, -0.1) is 4.83 Å². The molecule has 3 rings (SSSR count). The van der Waals surface area contributed by atoms with Crippen molar-refractivity contribution in [1.29, 1.82) is 0 Å². The van der Waals surface area contributed by atoms with E-state index in [0.717, 1.165) is 11.3 Å². The van der Waals surface area contributed by atoms with Crippen LogP contribution in [-0.4, -0.2) is 24.5 Å². The van der Waals surface area contributed by atoms with E-state index in [2.05, 4.69) is 20.5 Å². The minimum absolute atomic E-state index is 0.0662. The standard InChI is InChI=1S/C16H14N4O3S/c21-16(19-20-24(22,23)14-7-2-1-3-8-14)13-6-4-5-12(11-13)15-9-10-17-18-15/h1-11,20H,(H,17,18)(H,19,21). The number of amides is 1. The molecule has 0 aliphatic heterocycles.